The summed E-state index contributed by atoms with van der Waals surface area (Å²) in [5, 5.41) is 2.77. The van der Waals surface area contributed by atoms with Gasteiger partial charge < -0.3 is 19.7 Å². The first-order valence-corrected chi connectivity index (χ1v) is 8.84. The van der Waals surface area contributed by atoms with Gasteiger partial charge in [0, 0.05) is 12.2 Å². The fourth-order valence-electron chi connectivity index (χ4n) is 2.52. The van der Waals surface area contributed by atoms with E-state index in [4.69, 9.17) is 9.47 Å². The van der Waals surface area contributed by atoms with E-state index >= 15 is 0 Å². The van der Waals surface area contributed by atoms with Gasteiger partial charge in [-0.05, 0) is 62.2 Å². The van der Waals surface area contributed by atoms with Gasteiger partial charge in [0.25, 0.3) is 5.91 Å². The van der Waals surface area contributed by atoms with Crippen LogP contribution < -0.4 is 14.8 Å². The number of ether oxygens (including phenoxy) is 2. The Bertz CT molecular complexity index is 787. The van der Waals surface area contributed by atoms with Gasteiger partial charge in [0.05, 0.1) is 13.7 Å². The molecular formula is C21H26N2O4. The van der Waals surface area contributed by atoms with Gasteiger partial charge in [-0.15, -0.1) is 0 Å². The third kappa shape index (κ3) is 6.02. The van der Waals surface area contributed by atoms with Crippen molar-refractivity contribution in [2.24, 2.45) is 0 Å². The lowest BCUT2D eigenvalue weighted by Gasteiger charge is -2.21. The van der Waals surface area contributed by atoms with E-state index in [1.54, 1.807) is 31.4 Å². The van der Waals surface area contributed by atoms with Crippen molar-refractivity contribution in [3.63, 3.8) is 0 Å². The van der Waals surface area contributed by atoms with Gasteiger partial charge in [-0.2, -0.15) is 0 Å². The number of aryl methyl sites for hydroxylation is 2. The summed E-state index contributed by atoms with van der Waals surface area (Å²) in [6.45, 7) is 6.02. The summed E-state index contributed by atoms with van der Waals surface area (Å²) in [6.07, 6.45) is 0. The van der Waals surface area contributed by atoms with E-state index in [2.05, 4.69) is 5.32 Å². The molecule has 0 heterocycles. The van der Waals surface area contributed by atoms with Crippen molar-refractivity contribution in [2.45, 2.75) is 20.8 Å². The second-order valence-corrected chi connectivity index (χ2v) is 6.24. The van der Waals surface area contributed by atoms with E-state index in [9.17, 15) is 9.59 Å². The van der Waals surface area contributed by atoms with Gasteiger partial charge in [-0.3, -0.25) is 9.59 Å². The molecular weight excluding hydrogens is 344 g/mol. The van der Waals surface area contributed by atoms with Crippen molar-refractivity contribution < 1.29 is 19.1 Å². The summed E-state index contributed by atoms with van der Waals surface area (Å²) in [4.78, 5) is 26.1. The number of carbonyl (C=O) groups is 2. The molecule has 0 saturated heterocycles. The fourth-order valence-corrected chi connectivity index (χ4v) is 2.52. The predicted octanol–water partition coefficient (Wildman–Crippen LogP) is 3.18. The third-order valence-electron chi connectivity index (χ3n) is 4.14. The number of nitrogens with one attached hydrogen (secondary N) is 1. The minimum Gasteiger partial charge on any atom is -0.497 e. The Balaban J connectivity index is 1.89. The molecule has 2 rings (SSSR count). The summed E-state index contributed by atoms with van der Waals surface area (Å²) in [5.74, 6) is 0.898. The van der Waals surface area contributed by atoms with Crippen LogP contribution >= 0.6 is 0 Å². The Hall–Kier alpha value is -3.02. The highest BCUT2D eigenvalue weighted by Crippen LogP contribution is 2.19. The summed E-state index contributed by atoms with van der Waals surface area (Å²) in [5.41, 5.74) is 2.68. The molecule has 0 saturated carbocycles. The number of amides is 2. The highest BCUT2D eigenvalue weighted by Gasteiger charge is 2.17. The summed E-state index contributed by atoms with van der Waals surface area (Å²) in [7, 11) is 1.58. The van der Waals surface area contributed by atoms with Gasteiger partial charge in [0.2, 0.25) is 5.91 Å². The van der Waals surface area contributed by atoms with Crippen LogP contribution in [-0.2, 0) is 9.59 Å². The topological polar surface area (TPSA) is 67.9 Å². The maximum atomic E-state index is 12.4. The highest BCUT2D eigenvalue weighted by atomic mass is 16.5. The maximum absolute atomic E-state index is 12.4. The van der Waals surface area contributed by atoms with E-state index in [-0.39, 0.29) is 25.0 Å². The number of likely N-dealkylation sites (N-methyl/N-ethyl adjacent to an activating group) is 1. The molecule has 0 fully saturated rings. The molecule has 0 unspecified atom stereocenters. The molecule has 27 heavy (non-hydrogen) atoms. The average molecular weight is 370 g/mol. The molecule has 0 bridgehead atoms. The lowest BCUT2D eigenvalue weighted by molar-refractivity contribution is -0.136. The van der Waals surface area contributed by atoms with Crippen molar-refractivity contribution in [3.8, 4) is 11.5 Å². The molecule has 6 heteroatoms. The number of benzene rings is 2. The molecule has 0 radical (unpaired) electrons. The molecule has 2 aromatic rings. The predicted molar refractivity (Wildman–Crippen MR) is 105 cm³/mol. The van der Waals surface area contributed by atoms with Crippen LogP contribution in [0.15, 0.2) is 42.5 Å². The quantitative estimate of drug-likeness (QED) is 0.775. The third-order valence-corrected chi connectivity index (χ3v) is 4.14. The number of methoxy groups -OCH3 is 1. The molecule has 6 nitrogen and oxygen atoms in total. The molecule has 0 spiro atoms. The van der Waals surface area contributed by atoms with Crippen LogP contribution in [0.4, 0.5) is 5.69 Å². The lowest BCUT2D eigenvalue weighted by Crippen LogP contribution is -2.40. The van der Waals surface area contributed by atoms with Gasteiger partial charge in [-0.1, -0.05) is 12.1 Å². The van der Waals surface area contributed by atoms with E-state index in [1.165, 1.54) is 4.90 Å². The van der Waals surface area contributed by atoms with Gasteiger partial charge in [-0.25, -0.2) is 0 Å². The van der Waals surface area contributed by atoms with Crippen LogP contribution in [0.5, 0.6) is 11.5 Å². The van der Waals surface area contributed by atoms with Crippen LogP contribution in [-0.4, -0.2) is 43.5 Å². The first kappa shape index (κ1) is 20.3. The van der Waals surface area contributed by atoms with Crippen molar-refractivity contribution in [1.82, 2.24) is 4.90 Å². The second-order valence-electron chi connectivity index (χ2n) is 6.24. The first-order chi connectivity index (χ1) is 12.9. The number of rotatable bonds is 8. The van der Waals surface area contributed by atoms with Crippen molar-refractivity contribution in [1.29, 1.82) is 0 Å². The van der Waals surface area contributed by atoms with Gasteiger partial charge >= 0.3 is 0 Å². The molecule has 0 aliphatic rings. The molecule has 0 aromatic heterocycles. The number of carbonyl (C=O) groups excluding carboxylic acids is 2. The Morgan fingerprint density at radius 1 is 1.07 bits per heavy atom. The van der Waals surface area contributed by atoms with Crippen LogP contribution in [0.25, 0.3) is 0 Å². The number of anilines is 1. The SMILES string of the molecule is CCN(CC(=O)Nc1ccc(OC)cc1)C(=O)COc1cc(C)ccc1C. The number of nitrogens with zero attached hydrogens (tertiary/aromatic N) is 1. The lowest BCUT2D eigenvalue weighted by atomic mass is 10.1. The normalized spacial score (nSPS) is 10.2. The Morgan fingerprint density at radius 2 is 1.78 bits per heavy atom. The summed E-state index contributed by atoms with van der Waals surface area (Å²) < 4.78 is 10.7. The van der Waals surface area contributed by atoms with Crippen LogP contribution in [0.2, 0.25) is 0 Å². The molecule has 2 aromatic carbocycles. The molecule has 2 amide bonds. The van der Waals surface area contributed by atoms with Crippen LogP contribution in [0.3, 0.4) is 0 Å². The zero-order chi connectivity index (χ0) is 19.8. The van der Waals surface area contributed by atoms with E-state index < -0.39 is 0 Å². The van der Waals surface area contributed by atoms with Crippen molar-refractivity contribution >= 4 is 17.5 Å². The zero-order valence-electron chi connectivity index (χ0n) is 16.2. The maximum Gasteiger partial charge on any atom is 0.260 e. The summed E-state index contributed by atoms with van der Waals surface area (Å²) >= 11 is 0. The van der Waals surface area contributed by atoms with E-state index in [1.807, 2.05) is 39.0 Å². The number of hydrogen-bond acceptors (Lipinski definition) is 4. The molecule has 144 valence electrons. The van der Waals surface area contributed by atoms with E-state index in [0.29, 0.717) is 23.7 Å². The highest BCUT2D eigenvalue weighted by molar-refractivity contribution is 5.94. The average Bonchev–Trinajstić information content (AvgIpc) is 2.67. The molecule has 0 aliphatic carbocycles. The van der Waals surface area contributed by atoms with Crippen molar-refractivity contribution in [3.05, 3.63) is 53.6 Å². The van der Waals surface area contributed by atoms with Crippen LogP contribution in [0, 0.1) is 13.8 Å². The van der Waals surface area contributed by atoms with Crippen molar-refractivity contribution in [2.75, 3.05) is 32.1 Å². The second kappa shape index (κ2) is 9.62. The largest absolute Gasteiger partial charge is 0.497 e. The zero-order valence-corrected chi connectivity index (χ0v) is 16.2. The Morgan fingerprint density at radius 3 is 2.41 bits per heavy atom. The van der Waals surface area contributed by atoms with Gasteiger partial charge in [0.15, 0.2) is 6.61 Å². The summed E-state index contributed by atoms with van der Waals surface area (Å²) in [6, 6.07) is 12.9. The Labute approximate surface area is 160 Å². The van der Waals surface area contributed by atoms with E-state index in [0.717, 1.165) is 11.1 Å². The molecule has 1 N–H and O–H groups in total. The smallest absolute Gasteiger partial charge is 0.260 e. The minimum absolute atomic E-state index is 0.0302. The fraction of sp³-hybridized carbons (Fsp3) is 0.333. The first-order valence-electron chi connectivity index (χ1n) is 8.84. The Kier molecular flexibility index (Phi) is 7.23. The van der Waals surface area contributed by atoms with Crippen LogP contribution in [0.1, 0.15) is 18.1 Å². The van der Waals surface area contributed by atoms with Gasteiger partial charge in [0.1, 0.15) is 11.5 Å². The number of hydrogen-bond donors (Lipinski definition) is 1. The monoisotopic (exact) mass is 370 g/mol. The molecule has 0 atom stereocenters. The molecule has 0 aliphatic heterocycles. The minimum atomic E-state index is -0.262. The standard InChI is InChI=1S/C21H26N2O4/c1-5-23(13-20(24)22-17-8-10-18(26-4)11-9-17)21(25)14-27-19-12-15(2)6-7-16(19)3/h6-12H,5,13-14H2,1-4H3,(H,22,24).